The summed E-state index contributed by atoms with van der Waals surface area (Å²) >= 11 is 0. The SMILES string of the molecule is CCN(C(=O)Nc1cc(F)ccc1OC)[C@@H]1COC[C@H]1O. The zero-order valence-electron chi connectivity index (χ0n) is 12.0. The fourth-order valence-corrected chi connectivity index (χ4v) is 2.32. The summed E-state index contributed by atoms with van der Waals surface area (Å²) in [6.07, 6.45) is -0.717. The van der Waals surface area contributed by atoms with Gasteiger partial charge in [-0.15, -0.1) is 0 Å². The molecule has 2 N–H and O–H groups in total. The maximum atomic E-state index is 13.3. The third kappa shape index (κ3) is 3.43. The molecule has 0 aromatic heterocycles. The van der Waals surface area contributed by atoms with E-state index in [1.165, 1.54) is 30.2 Å². The molecule has 1 aromatic carbocycles. The van der Waals surface area contributed by atoms with Gasteiger partial charge in [-0.1, -0.05) is 0 Å². The van der Waals surface area contributed by atoms with Crippen molar-refractivity contribution in [3.63, 3.8) is 0 Å². The monoisotopic (exact) mass is 298 g/mol. The normalized spacial score (nSPS) is 21.1. The predicted octanol–water partition coefficient (Wildman–Crippen LogP) is 1.45. The molecule has 2 rings (SSSR count). The predicted molar refractivity (Wildman–Crippen MR) is 75.0 cm³/mol. The lowest BCUT2D eigenvalue weighted by Crippen LogP contribution is -2.48. The first kappa shape index (κ1) is 15.5. The minimum absolute atomic E-state index is 0.206. The third-order valence-corrected chi connectivity index (χ3v) is 3.43. The van der Waals surface area contributed by atoms with Crippen molar-refractivity contribution >= 4 is 11.7 Å². The van der Waals surface area contributed by atoms with Gasteiger partial charge in [-0.2, -0.15) is 0 Å². The van der Waals surface area contributed by atoms with Gasteiger partial charge in [0.1, 0.15) is 11.6 Å². The molecule has 1 saturated heterocycles. The smallest absolute Gasteiger partial charge is 0.322 e. The molecule has 0 aliphatic carbocycles. The van der Waals surface area contributed by atoms with Gasteiger partial charge in [0.15, 0.2) is 0 Å². The second-order valence-electron chi connectivity index (χ2n) is 4.73. The molecule has 1 aliphatic rings. The molecule has 2 amide bonds. The molecule has 2 atom stereocenters. The Labute approximate surface area is 122 Å². The minimum Gasteiger partial charge on any atom is -0.495 e. The Kier molecular flexibility index (Phi) is 4.98. The quantitative estimate of drug-likeness (QED) is 0.882. The van der Waals surface area contributed by atoms with Crippen LogP contribution in [-0.4, -0.2) is 55.1 Å². The number of hydrogen-bond acceptors (Lipinski definition) is 4. The number of likely N-dealkylation sites (N-methyl/N-ethyl adjacent to an activating group) is 1. The molecule has 1 aliphatic heterocycles. The van der Waals surface area contributed by atoms with Gasteiger partial charge < -0.3 is 24.8 Å². The van der Waals surface area contributed by atoms with Crippen LogP contribution in [0.4, 0.5) is 14.9 Å². The lowest BCUT2D eigenvalue weighted by molar-refractivity contribution is 0.1000. The Morgan fingerprint density at radius 3 is 2.90 bits per heavy atom. The molecule has 21 heavy (non-hydrogen) atoms. The van der Waals surface area contributed by atoms with Gasteiger partial charge in [0, 0.05) is 12.6 Å². The van der Waals surface area contributed by atoms with E-state index in [1.54, 1.807) is 6.92 Å². The molecule has 1 heterocycles. The molecular formula is C14H19FN2O4. The van der Waals surface area contributed by atoms with Crippen molar-refractivity contribution < 1.29 is 23.8 Å². The maximum Gasteiger partial charge on any atom is 0.322 e. The molecule has 7 heteroatoms. The fourth-order valence-electron chi connectivity index (χ4n) is 2.32. The van der Waals surface area contributed by atoms with E-state index in [9.17, 15) is 14.3 Å². The number of benzene rings is 1. The Hall–Kier alpha value is -1.86. The number of anilines is 1. The molecule has 0 bridgehead atoms. The molecule has 0 spiro atoms. The number of urea groups is 1. The van der Waals surface area contributed by atoms with Crippen molar-refractivity contribution in [1.29, 1.82) is 0 Å². The minimum atomic E-state index is -0.717. The summed E-state index contributed by atoms with van der Waals surface area (Å²) in [5, 5.41) is 12.4. The fraction of sp³-hybridized carbons (Fsp3) is 0.500. The number of carbonyl (C=O) groups is 1. The molecule has 0 saturated carbocycles. The van der Waals surface area contributed by atoms with Gasteiger partial charge >= 0.3 is 6.03 Å². The van der Waals surface area contributed by atoms with E-state index in [-0.39, 0.29) is 18.9 Å². The summed E-state index contributed by atoms with van der Waals surface area (Å²) in [7, 11) is 1.44. The van der Waals surface area contributed by atoms with E-state index in [0.29, 0.717) is 12.3 Å². The highest BCUT2D eigenvalue weighted by Crippen LogP contribution is 2.25. The van der Waals surface area contributed by atoms with Crippen LogP contribution < -0.4 is 10.1 Å². The van der Waals surface area contributed by atoms with Crippen LogP contribution >= 0.6 is 0 Å². The van der Waals surface area contributed by atoms with Gasteiger partial charge in [0.05, 0.1) is 38.2 Å². The lowest BCUT2D eigenvalue weighted by Gasteiger charge is -2.29. The molecule has 0 radical (unpaired) electrons. The number of amides is 2. The van der Waals surface area contributed by atoms with Gasteiger partial charge in [-0.3, -0.25) is 0 Å². The van der Waals surface area contributed by atoms with Crippen molar-refractivity contribution in [2.24, 2.45) is 0 Å². The molecule has 1 fully saturated rings. The summed E-state index contributed by atoms with van der Waals surface area (Å²) < 4.78 is 23.5. The number of nitrogens with one attached hydrogen (secondary N) is 1. The average molecular weight is 298 g/mol. The summed E-state index contributed by atoms with van der Waals surface area (Å²) in [6.45, 7) is 2.68. The van der Waals surface area contributed by atoms with Crippen LogP contribution in [0.5, 0.6) is 5.75 Å². The second-order valence-corrected chi connectivity index (χ2v) is 4.73. The Morgan fingerprint density at radius 2 is 2.33 bits per heavy atom. The second kappa shape index (κ2) is 6.73. The summed E-state index contributed by atoms with van der Waals surface area (Å²) in [6, 6.07) is 3.03. The first-order valence-electron chi connectivity index (χ1n) is 6.73. The largest absolute Gasteiger partial charge is 0.495 e. The number of carbonyl (C=O) groups excluding carboxylic acids is 1. The number of aliphatic hydroxyl groups excluding tert-OH is 1. The highest BCUT2D eigenvalue weighted by molar-refractivity contribution is 5.91. The van der Waals surface area contributed by atoms with Crippen LogP contribution in [0.25, 0.3) is 0 Å². The van der Waals surface area contributed by atoms with Crippen LogP contribution in [0.1, 0.15) is 6.92 Å². The van der Waals surface area contributed by atoms with Crippen molar-refractivity contribution in [3.8, 4) is 5.75 Å². The number of rotatable bonds is 4. The molecule has 6 nitrogen and oxygen atoms in total. The first-order chi connectivity index (χ1) is 10.1. The summed E-state index contributed by atoms with van der Waals surface area (Å²) in [5.41, 5.74) is 0.245. The van der Waals surface area contributed by atoms with Gasteiger partial charge in [0.2, 0.25) is 0 Å². The van der Waals surface area contributed by atoms with Crippen molar-refractivity contribution in [2.45, 2.75) is 19.1 Å². The first-order valence-corrected chi connectivity index (χ1v) is 6.73. The highest BCUT2D eigenvalue weighted by atomic mass is 19.1. The zero-order valence-corrected chi connectivity index (χ0v) is 12.0. The van der Waals surface area contributed by atoms with Crippen molar-refractivity contribution in [1.82, 2.24) is 4.90 Å². The number of halogens is 1. The molecule has 116 valence electrons. The standard InChI is InChI=1S/C14H19FN2O4/c1-3-17(11-7-21-8-12(11)18)14(19)16-10-6-9(15)4-5-13(10)20-2/h4-6,11-12,18H,3,7-8H2,1-2H3,(H,16,19)/t11-,12-/m1/s1. The van der Waals surface area contributed by atoms with E-state index in [0.717, 1.165) is 0 Å². The highest BCUT2D eigenvalue weighted by Gasteiger charge is 2.34. The number of hydrogen-bond donors (Lipinski definition) is 2. The lowest BCUT2D eigenvalue weighted by atomic mass is 10.2. The Bertz CT molecular complexity index is 512. The van der Waals surface area contributed by atoms with Crippen LogP contribution in [0, 0.1) is 5.82 Å². The number of ether oxygens (including phenoxy) is 2. The number of aliphatic hydroxyl groups is 1. The van der Waals surface area contributed by atoms with Crippen molar-refractivity contribution in [2.75, 3.05) is 32.2 Å². The van der Waals surface area contributed by atoms with E-state index in [1.807, 2.05) is 0 Å². The molecule has 0 unspecified atom stereocenters. The van der Waals surface area contributed by atoms with E-state index in [4.69, 9.17) is 9.47 Å². The maximum absolute atomic E-state index is 13.3. The summed E-state index contributed by atoms with van der Waals surface area (Å²) in [4.78, 5) is 13.8. The van der Waals surface area contributed by atoms with Crippen LogP contribution in [0.2, 0.25) is 0 Å². The number of nitrogens with zero attached hydrogens (tertiary/aromatic N) is 1. The average Bonchev–Trinajstić information content (AvgIpc) is 2.86. The van der Waals surface area contributed by atoms with Gasteiger partial charge in [-0.25, -0.2) is 9.18 Å². The number of methoxy groups -OCH3 is 1. The Balaban J connectivity index is 2.14. The van der Waals surface area contributed by atoms with Gasteiger partial charge in [-0.05, 0) is 19.1 Å². The third-order valence-electron chi connectivity index (χ3n) is 3.43. The van der Waals surface area contributed by atoms with Crippen LogP contribution in [-0.2, 0) is 4.74 Å². The van der Waals surface area contributed by atoms with Crippen molar-refractivity contribution in [3.05, 3.63) is 24.0 Å². The molecular weight excluding hydrogens is 279 g/mol. The zero-order chi connectivity index (χ0) is 15.4. The topological polar surface area (TPSA) is 71.0 Å². The van der Waals surface area contributed by atoms with E-state index < -0.39 is 24.0 Å². The molecule has 1 aromatic rings. The van der Waals surface area contributed by atoms with Crippen LogP contribution in [0.3, 0.4) is 0 Å². The van der Waals surface area contributed by atoms with Gasteiger partial charge in [0.25, 0.3) is 0 Å². The van der Waals surface area contributed by atoms with Crippen LogP contribution in [0.15, 0.2) is 18.2 Å². The van der Waals surface area contributed by atoms with E-state index >= 15 is 0 Å². The summed E-state index contributed by atoms with van der Waals surface area (Å²) in [5.74, 6) is -0.109. The Morgan fingerprint density at radius 1 is 1.57 bits per heavy atom. The van der Waals surface area contributed by atoms with E-state index in [2.05, 4.69) is 5.32 Å².